The van der Waals surface area contributed by atoms with E-state index in [2.05, 4.69) is 11.4 Å². The first-order valence-electron chi connectivity index (χ1n) is 8.00. The summed E-state index contributed by atoms with van der Waals surface area (Å²) >= 11 is 0. The van der Waals surface area contributed by atoms with Gasteiger partial charge in [0, 0.05) is 11.3 Å². The number of carboxylic acid groups (broad SMARTS) is 1. The van der Waals surface area contributed by atoms with E-state index in [4.69, 9.17) is 9.84 Å². The molecule has 5 nitrogen and oxygen atoms in total. The fourth-order valence-electron chi connectivity index (χ4n) is 2.97. The Kier molecular flexibility index (Phi) is 4.79. The van der Waals surface area contributed by atoms with Gasteiger partial charge in [0.2, 0.25) is 0 Å². The van der Waals surface area contributed by atoms with Crippen LogP contribution in [0, 0.1) is 0 Å². The number of carbonyl (C=O) groups excluding carboxylic acids is 1. The van der Waals surface area contributed by atoms with E-state index in [1.807, 2.05) is 12.1 Å². The quantitative estimate of drug-likeness (QED) is 0.884. The SMILES string of the molecule is O=C(O)COc1cccc(C(=O)Nc2cccc3c2CCCC3)c1. The zero-order valence-electron chi connectivity index (χ0n) is 13.2. The molecular weight excluding hydrogens is 306 g/mol. The van der Waals surface area contributed by atoms with Crippen LogP contribution in [0.2, 0.25) is 0 Å². The first-order valence-corrected chi connectivity index (χ1v) is 8.00. The summed E-state index contributed by atoms with van der Waals surface area (Å²) in [5.74, 6) is -0.921. The van der Waals surface area contributed by atoms with E-state index in [-0.39, 0.29) is 5.91 Å². The Morgan fingerprint density at radius 1 is 1.08 bits per heavy atom. The summed E-state index contributed by atoms with van der Waals surface area (Å²) in [5, 5.41) is 11.6. The van der Waals surface area contributed by atoms with E-state index >= 15 is 0 Å². The van der Waals surface area contributed by atoms with Gasteiger partial charge in [0.25, 0.3) is 5.91 Å². The lowest BCUT2D eigenvalue weighted by Crippen LogP contribution is -2.16. The summed E-state index contributed by atoms with van der Waals surface area (Å²) < 4.78 is 5.12. The molecule has 24 heavy (non-hydrogen) atoms. The molecule has 0 saturated heterocycles. The number of rotatable bonds is 5. The summed E-state index contributed by atoms with van der Waals surface area (Å²) in [5.41, 5.74) is 3.81. The maximum Gasteiger partial charge on any atom is 0.341 e. The highest BCUT2D eigenvalue weighted by Crippen LogP contribution is 2.28. The number of hydrogen-bond donors (Lipinski definition) is 2. The average molecular weight is 325 g/mol. The fraction of sp³-hybridized carbons (Fsp3) is 0.263. The standard InChI is InChI=1S/C19H19NO4/c21-18(22)12-24-15-8-3-7-14(11-15)19(23)20-17-10-4-6-13-5-1-2-9-16(13)17/h3-4,6-8,10-11H,1-2,5,9,12H2,(H,20,23)(H,21,22). The second-order valence-electron chi connectivity index (χ2n) is 5.81. The molecular formula is C19H19NO4. The minimum absolute atomic E-state index is 0.227. The molecule has 1 amide bonds. The lowest BCUT2D eigenvalue weighted by Gasteiger charge is -2.19. The number of ether oxygens (including phenoxy) is 1. The van der Waals surface area contributed by atoms with Crippen LogP contribution in [0.4, 0.5) is 5.69 Å². The molecule has 0 fully saturated rings. The maximum absolute atomic E-state index is 12.5. The smallest absolute Gasteiger partial charge is 0.341 e. The van der Waals surface area contributed by atoms with E-state index in [1.54, 1.807) is 24.3 Å². The Morgan fingerprint density at radius 2 is 1.88 bits per heavy atom. The van der Waals surface area contributed by atoms with E-state index in [0.29, 0.717) is 11.3 Å². The van der Waals surface area contributed by atoms with E-state index < -0.39 is 12.6 Å². The van der Waals surface area contributed by atoms with Gasteiger partial charge in [-0.2, -0.15) is 0 Å². The summed E-state index contributed by atoms with van der Waals surface area (Å²) in [7, 11) is 0. The molecule has 0 aliphatic heterocycles. The van der Waals surface area contributed by atoms with Crippen LogP contribution in [0.15, 0.2) is 42.5 Å². The number of fused-ring (bicyclic) bond motifs is 1. The maximum atomic E-state index is 12.5. The number of carbonyl (C=O) groups is 2. The van der Waals surface area contributed by atoms with Crippen LogP contribution < -0.4 is 10.1 Å². The van der Waals surface area contributed by atoms with Crippen LogP contribution in [0.5, 0.6) is 5.75 Å². The molecule has 0 unspecified atom stereocenters. The van der Waals surface area contributed by atoms with Gasteiger partial charge in [-0.05, 0) is 61.1 Å². The number of aliphatic carboxylic acids is 1. The molecule has 5 heteroatoms. The van der Waals surface area contributed by atoms with Crippen molar-refractivity contribution in [1.29, 1.82) is 0 Å². The largest absolute Gasteiger partial charge is 0.482 e. The van der Waals surface area contributed by atoms with E-state index in [0.717, 1.165) is 24.9 Å². The topological polar surface area (TPSA) is 75.6 Å². The molecule has 2 aromatic rings. The molecule has 3 rings (SSSR count). The van der Waals surface area contributed by atoms with Gasteiger partial charge in [-0.15, -0.1) is 0 Å². The monoisotopic (exact) mass is 325 g/mol. The molecule has 2 aromatic carbocycles. The normalized spacial score (nSPS) is 13.0. The van der Waals surface area contributed by atoms with Gasteiger partial charge in [-0.25, -0.2) is 4.79 Å². The van der Waals surface area contributed by atoms with Crippen LogP contribution in [0.1, 0.15) is 34.3 Å². The van der Waals surface area contributed by atoms with E-state index in [9.17, 15) is 9.59 Å². The fourth-order valence-corrected chi connectivity index (χ4v) is 2.97. The Hall–Kier alpha value is -2.82. The van der Waals surface area contributed by atoms with Gasteiger partial charge >= 0.3 is 5.97 Å². The highest BCUT2D eigenvalue weighted by atomic mass is 16.5. The number of anilines is 1. The van der Waals surface area contributed by atoms with Gasteiger partial charge in [0.1, 0.15) is 5.75 Å². The third-order valence-corrected chi connectivity index (χ3v) is 4.10. The Morgan fingerprint density at radius 3 is 2.71 bits per heavy atom. The van der Waals surface area contributed by atoms with Crippen molar-refractivity contribution in [2.24, 2.45) is 0 Å². The number of hydrogen-bond acceptors (Lipinski definition) is 3. The molecule has 0 radical (unpaired) electrons. The minimum atomic E-state index is -1.05. The zero-order valence-corrected chi connectivity index (χ0v) is 13.2. The average Bonchev–Trinajstić information content (AvgIpc) is 2.60. The molecule has 0 atom stereocenters. The third kappa shape index (κ3) is 3.74. The van der Waals surface area contributed by atoms with Crippen molar-refractivity contribution in [2.45, 2.75) is 25.7 Å². The van der Waals surface area contributed by atoms with Crippen molar-refractivity contribution in [2.75, 3.05) is 11.9 Å². The van der Waals surface area contributed by atoms with Crippen molar-refractivity contribution in [1.82, 2.24) is 0 Å². The third-order valence-electron chi connectivity index (χ3n) is 4.10. The van der Waals surface area contributed by atoms with Gasteiger partial charge in [0.15, 0.2) is 6.61 Å². The van der Waals surface area contributed by atoms with Crippen LogP contribution in [0.3, 0.4) is 0 Å². The number of carboxylic acids is 1. The second kappa shape index (κ2) is 7.17. The summed E-state index contributed by atoms with van der Waals surface area (Å²) in [6.07, 6.45) is 4.36. The first kappa shape index (κ1) is 16.1. The summed E-state index contributed by atoms with van der Waals surface area (Å²) in [4.78, 5) is 23.1. The molecule has 1 aliphatic carbocycles. The van der Waals surface area contributed by atoms with Crippen molar-refractivity contribution < 1.29 is 19.4 Å². The van der Waals surface area contributed by atoms with Crippen LogP contribution >= 0.6 is 0 Å². The van der Waals surface area contributed by atoms with E-state index in [1.165, 1.54) is 17.5 Å². The molecule has 0 saturated carbocycles. The predicted octanol–water partition coefficient (Wildman–Crippen LogP) is 3.28. The summed E-state index contributed by atoms with van der Waals surface area (Å²) in [6.45, 7) is -0.433. The highest BCUT2D eigenvalue weighted by molar-refractivity contribution is 6.05. The second-order valence-corrected chi connectivity index (χ2v) is 5.81. The lowest BCUT2D eigenvalue weighted by molar-refractivity contribution is -0.139. The number of amides is 1. The summed E-state index contributed by atoms with van der Waals surface area (Å²) in [6, 6.07) is 12.5. The number of nitrogens with one attached hydrogen (secondary N) is 1. The van der Waals surface area contributed by atoms with Crippen molar-refractivity contribution >= 4 is 17.6 Å². The zero-order chi connectivity index (χ0) is 16.9. The number of aryl methyl sites for hydroxylation is 1. The van der Waals surface area contributed by atoms with Gasteiger partial charge in [0.05, 0.1) is 0 Å². The van der Waals surface area contributed by atoms with Crippen LogP contribution in [-0.4, -0.2) is 23.6 Å². The molecule has 1 aliphatic rings. The Balaban J connectivity index is 1.76. The lowest BCUT2D eigenvalue weighted by atomic mass is 9.90. The van der Waals surface area contributed by atoms with Crippen molar-refractivity contribution in [3.05, 3.63) is 59.2 Å². The molecule has 0 bridgehead atoms. The van der Waals surface area contributed by atoms with Crippen molar-refractivity contribution in [3.63, 3.8) is 0 Å². The molecule has 124 valence electrons. The first-order chi connectivity index (χ1) is 11.6. The van der Waals surface area contributed by atoms with Gasteiger partial charge < -0.3 is 15.2 Å². The Bertz CT molecular complexity index is 770. The molecule has 2 N–H and O–H groups in total. The molecule has 0 spiro atoms. The highest BCUT2D eigenvalue weighted by Gasteiger charge is 2.15. The molecule has 0 heterocycles. The van der Waals surface area contributed by atoms with Gasteiger partial charge in [-0.3, -0.25) is 4.79 Å². The van der Waals surface area contributed by atoms with Crippen molar-refractivity contribution in [3.8, 4) is 5.75 Å². The Labute approximate surface area is 140 Å². The minimum Gasteiger partial charge on any atom is -0.482 e. The van der Waals surface area contributed by atoms with Crippen LogP contribution in [0.25, 0.3) is 0 Å². The predicted molar refractivity (Wildman–Crippen MR) is 90.6 cm³/mol. The van der Waals surface area contributed by atoms with Gasteiger partial charge in [-0.1, -0.05) is 18.2 Å². The van der Waals surface area contributed by atoms with Crippen LogP contribution in [-0.2, 0) is 17.6 Å². The molecule has 0 aromatic heterocycles. The number of benzene rings is 2.